The van der Waals surface area contributed by atoms with Crippen molar-refractivity contribution in [3.8, 4) is 5.75 Å². The fraction of sp³-hybridized carbons (Fsp3) is 0.300. The predicted octanol–water partition coefficient (Wildman–Crippen LogP) is 3.26. The Bertz CT molecular complexity index is 821. The lowest BCUT2D eigenvalue weighted by atomic mass is 10.1. The number of aryl methyl sites for hydroxylation is 2. The topological polar surface area (TPSA) is 64.6 Å². The molecule has 2 aromatic rings. The highest BCUT2D eigenvalue weighted by molar-refractivity contribution is 5.95. The molecule has 1 aliphatic carbocycles. The molecule has 0 saturated heterocycles. The number of hydrogen-bond donors (Lipinski definition) is 1. The molecular formula is C20H20FNO4. The Labute approximate surface area is 151 Å². The van der Waals surface area contributed by atoms with Crippen molar-refractivity contribution in [1.82, 2.24) is 0 Å². The fourth-order valence-electron chi connectivity index (χ4n) is 2.86. The van der Waals surface area contributed by atoms with Crippen LogP contribution < -0.4 is 10.1 Å². The minimum atomic E-state index is -1.06. The van der Waals surface area contributed by atoms with Crippen LogP contribution >= 0.6 is 0 Å². The van der Waals surface area contributed by atoms with Crippen LogP contribution in [0.5, 0.6) is 5.75 Å². The molecule has 1 amide bonds. The van der Waals surface area contributed by atoms with Crippen molar-refractivity contribution in [2.45, 2.75) is 32.3 Å². The van der Waals surface area contributed by atoms with Gasteiger partial charge in [0.25, 0.3) is 5.91 Å². The van der Waals surface area contributed by atoms with Crippen molar-refractivity contribution >= 4 is 17.6 Å². The average molecular weight is 357 g/mol. The summed E-state index contributed by atoms with van der Waals surface area (Å²) in [5, 5.41) is 2.39. The molecule has 0 radical (unpaired) electrons. The molecule has 5 nitrogen and oxygen atoms in total. The first-order chi connectivity index (χ1) is 12.5. The first-order valence-corrected chi connectivity index (χ1v) is 8.52. The normalized spacial score (nSPS) is 13.6. The minimum Gasteiger partial charge on any atom is -0.482 e. The monoisotopic (exact) mass is 357 g/mol. The third kappa shape index (κ3) is 4.39. The zero-order chi connectivity index (χ0) is 18.5. The number of fused-ring (bicyclic) bond motifs is 1. The number of nitrogens with one attached hydrogen (secondary N) is 1. The molecule has 1 aliphatic rings. The maximum atomic E-state index is 13.5. The Morgan fingerprint density at radius 3 is 2.73 bits per heavy atom. The number of amides is 1. The zero-order valence-electron chi connectivity index (χ0n) is 14.5. The number of carbonyl (C=O) groups is 2. The number of para-hydroxylation sites is 1. The van der Waals surface area contributed by atoms with Gasteiger partial charge in [0.2, 0.25) is 0 Å². The van der Waals surface area contributed by atoms with E-state index in [2.05, 4.69) is 5.32 Å². The molecule has 0 fully saturated rings. The van der Waals surface area contributed by atoms with Gasteiger partial charge in [0, 0.05) is 0 Å². The predicted molar refractivity (Wildman–Crippen MR) is 94.5 cm³/mol. The molecule has 0 spiro atoms. The molecule has 0 bridgehead atoms. The van der Waals surface area contributed by atoms with E-state index in [1.165, 1.54) is 36.2 Å². The van der Waals surface area contributed by atoms with Crippen molar-refractivity contribution in [3.63, 3.8) is 0 Å². The van der Waals surface area contributed by atoms with E-state index in [1.54, 1.807) is 6.07 Å². The van der Waals surface area contributed by atoms with E-state index < -0.39 is 23.8 Å². The van der Waals surface area contributed by atoms with E-state index in [-0.39, 0.29) is 12.3 Å². The number of ether oxygens (including phenoxy) is 2. The van der Waals surface area contributed by atoms with Gasteiger partial charge in [-0.25, -0.2) is 9.18 Å². The molecule has 0 unspecified atom stereocenters. The molecule has 136 valence electrons. The lowest BCUT2D eigenvalue weighted by Crippen LogP contribution is -2.31. The average Bonchev–Trinajstić information content (AvgIpc) is 3.09. The molecule has 26 heavy (non-hydrogen) atoms. The Balaban J connectivity index is 1.48. The van der Waals surface area contributed by atoms with Gasteiger partial charge in [0.1, 0.15) is 11.6 Å². The maximum Gasteiger partial charge on any atom is 0.344 e. The number of benzene rings is 2. The van der Waals surface area contributed by atoms with Gasteiger partial charge in [-0.2, -0.15) is 0 Å². The third-order valence-corrected chi connectivity index (χ3v) is 4.24. The molecule has 0 aromatic heterocycles. The van der Waals surface area contributed by atoms with E-state index in [9.17, 15) is 14.0 Å². The summed E-state index contributed by atoms with van der Waals surface area (Å²) in [5.74, 6) is -1.23. The highest BCUT2D eigenvalue weighted by Crippen LogP contribution is 2.26. The van der Waals surface area contributed by atoms with Gasteiger partial charge in [-0.15, -0.1) is 0 Å². The van der Waals surface area contributed by atoms with Gasteiger partial charge >= 0.3 is 5.97 Å². The second-order valence-corrected chi connectivity index (χ2v) is 6.17. The lowest BCUT2D eigenvalue weighted by Gasteiger charge is -2.14. The van der Waals surface area contributed by atoms with Crippen LogP contribution in [-0.2, 0) is 27.2 Å². The van der Waals surface area contributed by atoms with Crippen molar-refractivity contribution in [2.24, 2.45) is 0 Å². The summed E-state index contributed by atoms with van der Waals surface area (Å²) in [7, 11) is 0. The maximum absolute atomic E-state index is 13.5. The number of hydrogen-bond acceptors (Lipinski definition) is 4. The summed E-state index contributed by atoms with van der Waals surface area (Å²) in [5.41, 5.74) is 2.60. The summed E-state index contributed by atoms with van der Waals surface area (Å²) < 4.78 is 24.0. The Morgan fingerprint density at radius 2 is 1.92 bits per heavy atom. The molecule has 1 atom stereocenters. The van der Waals surface area contributed by atoms with Crippen molar-refractivity contribution < 1.29 is 23.5 Å². The fourth-order valence-corrected chi connectivity index (χ4v) is 2.86. The lowest BCUT2D eigenvalue weighted by molar-refractivity contribution is -0.155. The van der Waals surface area contributed by atoms with Crippen molar-refractivity contribution in [1.29, 1.82) is 0 Å². The van der Waals surface area contributed by atoms with Crippen LogP contribution in [0.25, 0.3) is 0 Å². The number of esters is 1. The highest BCUT2D eigenvalue weighted by Gasteiger charge is 2.19. The van der Waals surface area contributed by atoms with Gasteiger partial charge in [-0.1, -0.05) is 18.2 Å². The number of carbonyl (C=O) groups excluding carboxylic acids is 2. The van der Waals surface area contributed by atoms with E-state index in [0.29, 0.717) is 5.75 Å². The Kier molecular flexibility index (Phi) is 5.51. The molecular weight excluding hydrogens is 337 g/mol. The molecule has 6 heteroatoms. The van der Waals surface area contributed by atoms with Crippen LogP contribution in [-0.4, -0.2) is 24.6 Å². The van der Waals surface area contributed by atoms with Gasteiger partial charge in [-0.05, 0) is 61.6 Å². The summed E-state index contributed by atoms with van der Waals surface area (Å²) in [4.78, 5) is 23.9. The van der Waals surface area contributed by atoms with E-state index in [0.717, 1.165) is 19.3 Å². The van der Waals surface area contributed by atoms with Crippen LogP contribution in [0.15, 0.2) is 42.5 Å². The largest absolute Gasteiger partial charge is 0.482 e. The highest BCUT2D eigenvalue weighted by atomic mass is 19.1. The van der Waals surface area contributed by atoms with E-state index in [4.69, 9.17) is 9.47 Å². The van der Waals surface area contributed by atoms with Gasteiger partial charge in [-0.3, -0.25) is 4.79 Å². The Hall–Kier alpha value is -2.89. The van der Waals surface area contributed by atoms with Crippen LogP contribution in [0.4, 0.5) is 10.1 Å². The van der Waals surface area contributed by atoms with Crippen LogP contribution in [0.3, 0.4) is 0 Å². The summed E-state index contributed by atoms with van der Waals surface area (Å²) in [6.07, 6.45) is 2.16. The second-order valence-electron chi connectivity index (χ2n) is 6.17. The minimum absolute atomic E-state index is 0.0368. The number of rotatable bonds is 6. The molecule has 0 saturated carbocycles. The number of anilines is 1. The summed E-state index contributed by atoms with van der Waals surface area (Å²) in [6.45, 7) is 1.12. The van der Waals surface area contributed by atoms with Crippen LogP contribution in [0, 0.1) is 5.82 Å². The standard InChI is InChI=1S/C20H20FNO4/c1-13(20(24)22-18-8-3-2-7-17(18)21)26-19(23)12-25-16-10-9-14-5-4-6-15(14)11-16/h2-3,7-11,13H,4-6,12H2,1H3,(H,22,24)/t13-/m1/s1. The van der Waals surface area contributed by atoms with Crippen molar-refractivity contribution in [3.05, 3.63) is 59.4 Å². The number of halogens is 1. The molecule has 0 heterocycles. The van der Waals surface area contributed by atoms with Gasteiger partial charge in [0.15, 0.2) is 12.7 Å². The summed E-state index contributed by atoms with van der Waals surface area (Å²) in [6, 6.07) is 11.5. The smallest absolute Gasteiger partial charge is 0.344 e. The second kappa shape index (κ2) is 7.99. The van der Waals surface area contributed by atoms with Gasteiger partial charge in [0.05, 0.1) is 5.69 Å². The van der Waals surface area contributed by atoms with E-state index >= 15 is 0 Å². The Morgan fingerprint density at radius 1 is 1.15 bits per heavy atom. The molecule has 3 rings (SSSR count). The summed E-state index contributed by atoms with van der Waals surface area (Å²) >= 11 is 0. The van der Waals surface area contributed by atoms with Crippen LogP contribution in [0.2, 0.25) is 0 Å². The first kappa shape index (κ1) is 17.9. The SMILES string of the molecule is C[C@@H](OC(=O)COc1ccc2c(c1)CCC2)C(=O)Nc1ccccc1F. The molecule has 0 aliphatic heterocycles. The van der Waals surface area contributed by atoms with Crippen molar-refractivity contribution in [2.75, 3.05) is 11.9 Å². The quantitative estimate of drug-likeness (QED) is 0.806. The zero-order valence-corrected chi connectivity index (χ0v) is 14.5. The molecule has 2 aromatic carbocycles. The van der Waals surface area contributed by atoms with Crippen LogP contribution in [0.1, 0.15) is 24.5 Å². The first-order valence-electron chi connectivity index (χ1n) is 8.52. The third-order valence-electron chi connectivity index (χ3n) is 4.24. The van der Waals surface area contributed by atoms with Gasteiger partial charge < -0.3 is 14.8 Å². The molecule has 1 N–H and O–H groups in total. The van der Waals surface area contributed by atoms with E-state index in [1.807, 2.05) is 18.2 Å².